The van der Waals surface area contributed by atoms with Gasteiger partial charge in [-0.25, -0.2) is 0 Å². The number of hydrogen-bond donors (Lipinski definition) is 0. The summed E-state index contributed by atoms with van der Waals surface area (Å²) >= 11 is 0. The third kappa shape index (κ3) is 4.52. The third-order valence-corrected chi connectivity index (χ3v) is 4.54. The second kappa shape index (κ2) is 6.88. The van der Waals surface area contributed by atoms with Gasteiger partial charge in [0.25, 0.3) is 0 Å². The molecule has 1 heterocycles. The van der Waals surface area contributed by atoms with E-state index in [1.807, 2.05) is 7.11 Å². The summed E-state index contributed by atoms with van der Waals surface area (Å²) in [6.45, 7) is 10.4. The second-order valence-corrected chi connectivity index (χ2v) is 5.66. The molecule has 0 saturated carbocycles. The average molecular weight is 258 g/mol. The highest BCUT2D eigenvalue weighted by Crippen LogP contribution is 2.30. The smallest absolute Gasteiger partial charge is 0.0837 e. The minimum atomic E-state index is -0.0396. The van der Waals surface area contributed by atoms with Gasteiger partial charge in [0.1, 0.15) is 0 Å². The first kappa shape index (κ1) is 15.9. The van der Waals surface area contributed by atoms with E-state index in [-0.39, 0.29) is 11.2 Å². The summed E-state index contributed by atoms with van der Waals surface area (Å²) in [5.74, 6) is 0. The lowest BCUT2D eigenvalue weighted by Gasteiger charge is -2.33. The molecule has 0 aromatic rings. The number of methoxy groups -OCH3 is 1. The van der Waals surface area contributed by atoms with Gasteiger partial charge >= 0.3 is 0 Å². The molecular formula is C15H30O3. The molecule has 0 radical (unpaired) electrons. The van der Waals surface area contributed by atoms with E-state index in [1.165, 1.54) is 0 Å². The fourth-order valence-electron chi connectivity index (χ4n) is 2.45. The van der Waals surface area contributed by atoms with Gasteiger partial charge in [0, 0.05) is 13.5 Å². The SMILES string of the molecule is CCC(C)(CC1CO1)OCCC(CC)(CC)OC. The Hall–Kier alpha value is -0.120. The van der Waals surface area contributed by atoms with Crippen molar-refractivity contribution in [3.8, 4) is 0 Å². The Balaban J connectivity index is 2.37. The number of rotatable bonds is 10. The molecule has 0 bridgehead atoms. The molecule has 2 unspecified atom stereocenters. The van der Waals surface area contributed by atoms with E-state index in [2.05, 4.69) is 27.7 Å². The van der Waals surface area contributed by atoms with Crippen LogP contribution >= 0.6 is 0 Å². The summed E-state index contributed by atoms with van der Waals surface area (Å²) in [6.07, 6.45) is 5.53. The van der Waals surface area contributed by atoms with Crippen LogP contribution in [0.4, 0.5) is 0 Å². The van der Waals surface area contributed by atoms with Gasteiger partial charge in [0.15, 0.2) is 0 Å². The zero-order valence-corrected chi connectivity index (χ0v) is 12.8. The summed E-state index contributed by atoms with van der Waals surface area (Å²) in [6, 6.07) is 0. The van der Waals surface area contributed by atoms with Crippen LogP contribution in [0.5, 0.6) is 0 Å². The van der Waals surface area contributed by atoms with Gasteiger partial charge in [0.05, 0.1) is 30.5 Å². The third-order valence-electron chi connectivity index (χ3n) is 4.54. The van der Waals surface area contributed by atoms with Crippen LogP contribution in [0.1, 0.15) is 59.8 Å². The molecule has 0 aromatic heterocycles. The summed E-state index contributed by atoms with van der Waals surface area (Å²) < 4.78 is 17.1. The van der Waals surface area contributed by atoms with Crippen molar-refractivity contribution in [1.82, 2.24) is 0 Å². The standard InChI is InChI=1S/C15H30O3/c1-6-14(4,11-13-12-17-13)18-10-9-15(7-2,8-3)16-5/h13H,6-12H2,1-5H3. The first-order valence-corrected chi connectivity index (χ1v) is 7.34. The fraction of sp³-hybridized carbons (Fsp3) is 1.00. The molecule has 1 aliphatic heterocycles. The Morgan fingerprint density at radius 3 is 2.17 bits per heavy atom. The van der Waals surface area contributed by atoms with Crippen LogP contribution in [0.2, 0.25) is 0 Å². The van der Waals surface area contributed by atoms with E-state index in [1.54, 1.807) is 0 Å². The van der Waals surface area contributed by atoms with Crippen molar-refractivity contribution in [3.63, 3.8) is 0 Å². The van der Waals surface area contributed by atoms with Crippen LogP contribution in [0.15, 0.2) is 0 Å². The topological polar surface area (TPSA) is 31.0 Å². The van der Waals surface area contributed by atoms with Crippen LogP contribution in [0, 0.1) is 0 Å². The number of ether oxygens (including phenoxy) is 3. The molecule has 1 rings (SSSR count). The molecule has 0 N–H and O–H groups in total. The number of epoxide rings is 1. The molecule has 0 amide bonds. The van der Waals surface area contributed by atoms with Crippen molar-refractivity contribution in [2.24, 2.45) is 0 Å². The fourth-order valence-corrected chi connectivity index (χ4v) is 2.45. The summed E-state index contributed by atoms with van der Waals surface area (Å²) in [7, 11) is 1.81. The van der Waals surface area contributed by atoms with Gasteiger partial charge in [-0.2, -0.15) is 0 Å². The lowest BCUT2D eigenvalue weighted by atomic mass is 9.92. The predicted octanol–water partition coefficient (Wildman–Crippen LogP) is 3.56. The lowest BCUT2D eigenvalue weighted by molar-refractivity contribution is -0.0870. The van der Waals surface area contributed by atoms with E-state index in [0.717, 1.165) is 45.3 Å². The quantitative estimate of drug-likeness (QED) is 0.561. The zero-order valence-electron chi connectivity index (χ0n) is 12.8. The molecule has 0 aromatic carbocycles. The van der Waals surface area contributed by atoms with E-state index >= 15 is 0 Å². The lowest BCUT2D eigenvalue weighted by Crippen LogP contribution is -2.35. The highest BCUT2D eigenvalue weighted by atomic mass is 16.6. The Kier molecular flexibility index (Phi) is 6.09. The van der Waals surface area contributed by atoms with E-state index in [4.69, 9.17) is 14.2 Å². The van der Waals surface area contributed by atoms with Crippen LogP contribution in [0.25, 0.3) is 0 Å². The normalized spacial score (nSPS) is 22.8. The Bertz CT molecular complexity index is 226. The highest BCUT2D eigenvalue weighted by molar-refractivity contribution is 4.84. The summed E-state index contributed by atoms with van der Waals surface area (Å²) in [4.78, 5) is 0. The van der Waals surface area contributed by atoms with Crippen molar-refractivity contribution in [2.45, 2.75) is 77.1 Å². The van der Waals surface area contributed by atoms with E-state index < -0.39 is 0 Å². The van der Waals surface area contributed by atoms with Crippen LogP contribution < -0.4 is 0 Å². The van der Waals surface area contributed by atoms with Crippen molar-refractivity contribution in [2.75, 3.05) is 20.3 Å². The molecule has 0 spiro atoms. The number of hydrogen-bond acceptors (Lipinski definition) is 3. The van der Waals surface area contributed by atoms with Gasteiger partial charge in [0.2, 0.25) is 0 Å². The second-order valence-electron chi connectivity index (χ2n) is 5.66. The van der Waals surface area contributed by atoms with Crippen LogP contribution in [0.3, 0.4) is 0 Å². The zero-order chi connectivity index (χ0) is 13.6. The average Bonchev–Trinajstić information content (AvgIpc) is 3.19. The van der Waals surface area contributed by atoms with Crippen LogP contribution in [-0.4, -0.2) is 37.6 Å². The molecule has 3 nitrogen and oxygen atoms in total. The summed E-state index contributed by atoms with van der Waals surface area (Å²) in [5.41, 5.74) is -0.0487. The monoisotopic (exact) mass is 258 g/mol. The molecule has 1 aliphatic rings. The Morgan fingerprint density at radius 1 is 1.17 bits per heavy atom. The molecule has 3 heteroatoms. The molecule has 1 fully saturated rings. The van der Waals surface area contributed by atoms with Gasteiger partial charge in [-0.15, -0.1) is 0 Å². The van der Waals surface area contributed by atoms with Gasteiger partial charge in [-0.05, 0) is 32.6 Å². The predicted molar refractivity (Wildman–Crippen MR) is 73.9 cm³/mol. The maximum absolute atomic E-state index is 6.13. The molecule has 1 saturated heterocycles. The summed E-state index contributed by atoms with van der Waals surface area (Å²) in [5, 5.41) is 0. The van der Waals surface area contributed by atoms with Crippen molar-refractivity contribution in [1.29, 1.82) is 0 Å². The van der Waals surface area contributed by atoms with Gasteiger partial charge in [-0.3, -0.25) is 0 Å². The van der Waals surface area contributed by atoms with Crippen molar-refractivity contribution in [3.05, 3.63) is 0 Å². The van der Waals surface area contributed by atoms with Crippen molar-refractivity contribution >= 4 is 0 Å². The molecular weight excluding hydrogens is 228 g/mol. The van der Waals surface area contributed by atoms with E-state index in [9.17, 15) is 0 Å². The largest absolute Gasteiger partial charge is 0.378 e. The first-order chi connectivity index (χ1) is 8.53. The van der Waals surface area contributed by atoms with Crippen molar-refractivity contribution < 1.29 is 14.2 Å². The Labute approximate surface area is 112 Å². The first-order valence-electron chi connectivity index (χ1n) is 7.34. The minimum absolute atomic E-state index is 0.00919. The van der Waals surface area contributed by atoms with Gasteiger partial charge < -0.3 is 14.2 Å². The highest BCUT2D eigenvalue weighted by Gasteiger charge is 2.35. The molecule has 108 valence electrons. The molecule has 2 atom stereocenters. The molecule has 0 aliphatic carbocycles. The van der Waals surface area contributed by atoms with Crippen LogP contribution in [-0.2, 0) is 14.2 Å². The van der Waals surface area contributed by atoms with E-state index in [0.29, 0.717) is 6.10 Å². The molecule has 18 heavy (non-hydrogen) atoms. The maximum atomic E-state index is 6.13. The Morgan fingerprint density at radius 2 is 1.78 bits per heavy atom. The minimum Gasteiger partial charge on any atom is -0.378 e. The maximum Gasteiger partial charge on any atom is 0.0837 e. The van der Waals surface area contributed by atoms with Gasteiger partial charge in [-0.1, -0.05) is 20.8 Å².